The zero-order chi connectivity index (χ0) is 11.5. The molecule has 0 fully saturated rings. The summed E-state index contributed by atoms with van der Waals surface area (Å²) in [7, 11) is 5.24. The summed E-state index contributed by atoms with van der Waals surface area (Å²) in [6, 6.07) is 9.98. The maximum atomic E-state index is 5.74. The first-order valence-corrected chi connectivity index (χ1v) is 5.97. The molecular weight excluding hydrogens is 220 g/mol. The van der Waals surface area contributed by atoms with Crippen LogP contribution in [0.5, 0.6) is 0 Å². The van der Waals surface area contributed by atoms with Crippen molar-refractivity contribution >= 4 is 27.7 Å². The highest BCUT2D eigenvalue weighted by Gasteiger charge is 2.25. The molecule has 1 aliphatic rings. The highest BCUT2D eigenvalue weighted by Crippen LogP contribution is 2.25. The van der Waals surface area contributed by atoms with E-state index < -0.39 is 0 Å². The van der Waals surface area contributed by atoms with Crippen LogP contribution in [0.3, 0.4) is 0 Å². The Labute approximate surface area is 98.9 Å². The Balaban J connectivity index is 2.32. The van der Waals surface area contributed by atoms with Gasteiger partial charge in [-0.15, -0.1) is 10.9 Å². The molecule has 4 heteroatoms. The molecule has 0 N–H and O–H groups in total. The summed E-state index contributed by atoms with van der Waals surface area (Å²) in [4.78, 5) is 6.47. The van der Waals surface area contributed by atoms with Crippen molar-refractivity contribution in [1.82, 2.24) is 4.90 Å². The van der Waals surface area contributed by atoms with Crippen LogP contribution in [-0.2, 0) is 4.74 Å². The van der Waals surface area contributed by atoms with Gasteiger partial charge in [0, 0.05) is 19.7 Å². The van der Waals surface area contributed by atoms with Crippen molar-refractivity contribution in [2.24, 2.45) is 4.99 Å². The van der Waals surface area contributed by atoms with Gasteiger partial charge < -0.3 is 9.64 Å². The number of hydrogen-bond acceptors (Lipinski definition) is 3. The van der Waals surface area contributed by atoms with E-state index in [-0.39, 0.29) is 6.23 Å². The molecule has 1 aliphatic heterocycles. The minimum absolute atomic E-state index is 0.233. The molecule has 0 aromatic heterocycles. The minimum atomic E-state index is -0.233. The molecule has 84 valence electrons. The van der Waals surface area contributed by atoms with Crippen LogP contribution in [0, 0.1) is 0 Å². The number of aliphatic imine (C=N–C) groups is 1. The fourth-order valence-corrected chi connectivity index (χ4v) is 2.02. The van der Waals surface area contributed by atoms with Gasteiger partial charge in [0.15, 0.2) is 17.1 Å². The van der Waals surface area contributed by atoms with Crippen LogP contribution in [0.25, 0.3) is 0 Å². The monoisotopic (exact) mass is 234 g/mol. The Bertz CT molecular complexity index is 461. The molecule has 16 heavy (non-hydrogen) atoms. The molecule has 0 saturated heterocycles. The van der Waals surface area contributed by atoms with E-state index in [0.717, 1.165) is 16.4 Å². The molecule has 1 atom stereocenters. The molecule has 0 bridgehead atoms. The van der Waals surface area contributed by atoms with Gasteiger partial charge in [0.25, 0.3) is 0 Å². The Hall–Kier alpha value is -1.39. The van der Waals surface area contributed by atoms with Crippen LogP contribution < -0.4 is 0 Å². The molecule has 0 saturated carbocycles. The number of nitrogens with zero attached hydrogens (tertiary/aromatic N) is 2. The fourth-order valence-electron chi connectivity index (χ4n) is 1.50. The van der Waals surface area contributed by atoms with E-state index >= 15 is 0 Å². The number of benzene rings is 1. The van der Waals surface area contributed by atoms with Crippen molar-refractivity contribution in [3.05, 3.63) is 35.9 Å². The number of amidine groups is 1. The summed E-state index contributed by atoms with van der Waals surface area (Å²) in [5.41, 5.74) is 1.06. The van der Waals surface area contributed by atoms with Gasteiger partial charge in [-0.25, -0.2) is 4.99 Å². The molecule has 0 spiro atoms. The number of hydrogen-bond donors (Lipinski definition) is 0. The van der Waals surface area contributed by atoms with Crippen LogP contribution in [0.15, 0.2) is 35.3 Å². The van der Waals surface area contributed by atoms with E-state index in [0.29, 0.717) is 0 Å². The lowest BCUT2D eigenvalue weighted by molar-refractivity contribution is 0.227. The molecule has 0 radical (unpaired) electrons. The zero-order valence-corrected chi connectivity index (χ0v) is 10.2. The predicted molar refractivity (Wildman–Crippen MR) is 71.1 cm³/mol. The van der Waals surface area contributed by atoms with Crippen LogP contribution in [0.1, 0.15) is 11.8 Å². The summed E-state index contributed by atoms with van der Waals surface area (Å²) >= 11 is 0. The smallest absolute Gasteiger partial charge is 0.183 e. The second kappa shape index (κ2) is 4.63. The molecule has 1 heterocycles. The summed E-state index contributed by atoms with van der Waals surface area (Å²) in [6.07, 6.45) is -0.233. The van der Waals surface area contributed by atoms with Gasteiger partial charge in [-0.3, -0.25) is 0 Å². The van der Waals surface area contributed by atoms with E-state index in [4.69, 9.17) is 4.74 Å². The van der Waals surface area contributed by atoms with Crippen LogP contribution >= 0.6 is 10.9 Å². The minimum Gasteiger partial charge on any atom is -0.360 e. The van der Waals surface area contributed by atoms with Crippen molar-refractivity contribution in [3.63, 3.8) is 0 Å². The molecule has 2 rings (SSSR count). The lowest BCUT2D eigenvalue weighted by Gasteiger charge is -2.09. The number of rotatable bonds is 1. The zero-order valence-electron chi connectivity index (χ0n) is 9.38. The lowest BCUT2D eigenvalue weighted by Crippen LogP contribution is -2.26. The Morgan fingerprint density at radius 2 is 2.00 bits per heavy atom. The third kappa shape index (κ3) is 2.08. The molecule has 1 aromatic carbocycles. The van der Waals surface area contributed by atoms with Crippen molar-refractivity contribution in [2.75, 3.05) is 14.1 Å². The van der Waals surface area contributed by atoms with Crippen LogP contribution in [0.2, 0.25) is 0 Å². The standard InChI is InChI=1S/C12H14N2OS/c1-14(2)10-12(16-3)15-11(13-10)9-7-5-4-6-8-9/h4-8,11H,3H2,1-2H3. The van der Waals surface area contributed by atoms with E-state index in [1.807, 2.05) is 49.3 Å². The summed E-state index contributed by atoms with van der Waals surface area (Å²) < 4.78 is 5.74. The van der Waals surface area contributed by atoms with E-state index in [1.54, 1.807) is 0 Å². The Kier molecular flexibility index (Phi) is 3.22. The SMILES string of the molecule is C=S=C1OC(c2ccccc2)N=C1N(C)C. The first kappa shape index (κ1) is 11.1. The second-order valence-corrected chi connectivity index (χ2v) is 4.32. The van der Waals surface area contributed by atoms with Crippen molar-refractivity contribution in [3.8, 4) is 0 Å². The second-order valence-electron chi connectivity index (χ2n) is 3.66. The summed E-state index contributed by atoms with van der Waals surface area (Å²) in [6.45, 7) is 0. The topological polar surface area (TPSA) is 24.8 Å². The fraction of sp³-hybridized carbons (Fsp3) is 0.250. The normalized spacial score (nSPS) is 19.5. The summed E-state index contributed by atoms with van der Waals surface area (Å²) in [5, 5.41) is 0.777. The Morgan fingerprint density at radius 1 is 1.31 bits per heavy atom. The molecule has 1 unspecified atom stereocenters. The first-order chi connectivity index (χ1) is 7.72. The highest BCUT2D eigenvalue weighted by molar-refractivity contribution is 7.97. The predicted octanol–water partition coefficient (Wildman–Crippen LogP) is 1.97. The van der Waals surface area contributed by atoms with E-state index in [2.05, 4.69) is 10.9 Å². The quantitative estimate of drug-likeness (QED) is 0.694. The largest absolute Gasteiger partial charge is 0.360 e. The Morgan fingerprint density at radius 3 is 2.50 bits per heavy atom. The van der Waals surface area contributed by atoms with Gasteiger partial charge in [-0.05, 0) is 5.87 Å². The van der Waals surface area contributed by atoms with Crippen LogP contribution in [0.4, 0.5) is 0 Å². The first-order valence-electron chi connectivity index (χ1n) is 4.98. The molecule has 3 nitrogen and oxygen atoms in total. The maximum Gasteiger partial charge on any atom is 0.183 e. The summed E-state index contributed by atoms with van der Waals surface area (Å²) in [5.74, 6) is 4.63. The average molecular weight is 234 g/mol. The number of ether oxygens (including phenoxy) is 1. The maximum absolute atomic E-state index is 5.74. The van der Waals surface area contributed by atoms with E-state index in [9.17, 15) is 0 Å². The third-order valence-corrected chi connectivity index (χ3v) is 2.82. The molecular formula is C12H14N2OS. The molecule has 0 aliphatic carbocycles. The van der Waals surface area contributed by atoms with Gasteiger partial charge >= 0.3 is 0 Å². The third-order valence-electron chi connectivity index (χ3n) is 2.28. The van der Waals surface area contributed by atoms with Gasteiger partial charge in [0.05, 0.1) is 0 Å². The highest BCUT2D eigenvalue weighted by atomic mass is 32.1. The van der Waals surface area contributed by atoms with Crippen molar-refractivity contribution in [1.29, 1.82) is 0 Å². The van der Waals surface area contributed by atoms with Crippen molar-refractivity contribution in [2.45, 2.75) is 6.23 Å². The van der Waals surface area contributed by atoms with Crippen LogP contribution in [-0.4, -0.2) is 35.8 Å². The molecule has 0 amide bonds. The van der Waals surface area contributed by atoms with Gasteiger partial charge in [0.1, 0.15) is 0 Å². The molecule has 1 aromatic rings. The van der Waals surface area contributed by atoms with E-state index in [1.165, 1.54) is 10.9 Å². The van der Waals surface area contributed by atoms with Gasteiger partial charge in [-0.2, -0.15) is 0 Å². The van der Waals surface area contributed by atoms with Crippen molar-refractivity contribution < 1.29 is 4.74 Å². The average Bonchev–Trinajstić information content (AvgIpc) is 2.74. The number of likely N-dealkylation sites (N-methyl/N-ethyl adjacent to an activating group) is 1. The van der Waals surface area contributed by atoms with Gasteiger partial charge in [0.2, 0.25) is 0 Å². The lowest BCUT2D eigenvalue weighted by atomic mass is 10.2. The van der Waals surface area contributed by atoms with Gasteiger partial charge in [-0.1, -0.05) is 30.3 Å².